The number of halogens is 2. The molecule has 1 heterocycles. The maximum atomic E-state index is 13.7. The lowest BCUT2D eigenvalue weighted by Gasteiger charge is -2.32. The van der Waals surface area contributed by atoms with Gasteiger partial charge in [0, 0.05) is 25.7 Å². The van der Waals surface area contributed by atoms with Crippen molar-refractivity contribution in [1.29, 1.82) is 0 Å². The molecule has 1 aliphatic heterocycles. The molecule has 1 aromatic carbocycles. The lowest BCUT2D eigenvalue weighted by molar-refractivity contribution is -0.0169. The number of nitrogens with two attached hydrogens (primary N) is 1. The molecule has 1 aromatic rings. The van der Waals surface area contributed by atoms with Gasteiger partial charge >= 0.3 is 0 Å². The van der Waals surface area contributed by atoms with Crippen LogP contribution in [-0.4, -0.2) is 43.2 Å². The van der Waals surface area contributed by atoms with Gasteiger partial charge in [0.1, 0.15) is 11.6 Å². The second-order valence-corrected chi connectivity index (χ2v) is 4.56. The van der Waals surface area contributed by atoms with Crippen LogP contribution in [-0.2, 0) is 4.74 Å². The molecule has 0 aliphatic carbocycles. The summed E-state index contributed by atoms with van der Waals surface area (Å²) in [6.07, 6.45) is -0.234. The topological polar surface area (TPSA) is 55.6 Å². The molecule has 6 heteroatoms. The average Bonchev–Trinajstić information content (AvgIpc) is 2.42. The molecule has 1 saturated heterocycles. The van der Waals surface area contributed by atoms with Crippen LogP contribution in [0.15, 0.2) is 12.1 Å². The Morgan fingerprint density at radius 1 is 1.47 bits per heavy atom. The molecule has 1 unspecified atom stereocenters. The Morgan fingerprint density at radius 2 is 2.21 bits per heavy atom. The molecule has 1 amide bonds. The highest BCUT2D eigenvalue weighted by Gasteiger charge is 2.26. The van der Waals surface area contributed by atoms with Gasteiger partial charge in [-0.25, -0.2) is 8.78 Å². The van der Waals surface area contributed by atoms with E-state index in [1.807, 2.05) is 0 Å². The van der Waals surface area contributed by atoms with Crippen LogP contribution in [0.1, 0.15) is 15.9 Å². The van der Waals surface area contributed by atoms with Gasteiger partial charge in [-0.15, -0.1) is 0 Å². The molecule has 0 bridgehead atoms. The molecular formula is C13H16F2N2O2. The summed E-state index contributed by atoms with van der Waals surface area (Å²) >= 11 is 0. The van der Waals surface area contributed by atoms with E-state index in [1.54, 1.807) is 0 Å². The van der Waals surface area contributed by atoms with Crippen molar-refractivity contribution in [2.45, 2.75) is 13.0 Å². The van der Waals surface area contributed by atoms with Crippen LogP contribution in [0, 0.1) is 18.6 Å². The van der Waals surface area contributed by atoms with Gasteiger partial charge in [0.15, 0.2) is 0 Å². The third-order valence-corrected chi connectivity index (χ3v) is 3.17. The van der Waals surface area contributed by atoms with Crippen molar-refractivity contribution in [1.82, 2.24) is 4.90 Å². The SMILES string of the molecule is Cc1cc(C(=O)N2CCOC(CN)C2)c(F)cc1F. The van der Waals surface area contributed by atoms with E-state index in [0.717, 1.165) is 6.07 Å². The average molecular weight is 270 g/mol. The summed E-state index contributed by atoms with van der Waals surface area (Å²) in [4.78, 5) is 13.7. The predicted molar refractivity (Wildman–Crippen MR) is 65.8 cm³/mol. The number of carbonyl (C=O) groups excluding carboxylic acids is 1. The number of carbonyl (C=O) groups is 1. The summed E-state index contributed by atoms with van der Waals surface area (Å²) in [6, 6.07) is 1.98. The number of rotatable bonds is 2. The fourth-order valence-electron chi connectivity index (χ4n) is 2.04. The van der Waals surface area contributed by atoms with Gasteiger partial charge in [0.05, 0.1) is 18.3 Å². The lowest BCUT2D eigenvalue weighted by Crippen LogP contribution is -2.48. The number of amides is 1. The highest BCUT2D eigenvalue weighted by molar-refractivity contribution is 5.94. The molecule has 0 radical (unpaired) electrons. The molecule has 0 spiro atoms. The number of nitrogens with zero attached hydrogens (tertiary/aromatic N) is 1. The van der Waals surface area contributed by atoms with E-state index in [-0.39, 0.29) is 17.2 Å². The number of morpholine rings is 1. The molecular weight excluding hydrogens is 254 g/mol. The number of aryl methyl sites for hydroxylation is 1. The summed E-state index contributed by atoms with van der Waals surface area (Å²) in [7, 11) is 0. The van der Waals surface area contributed by atoms with E-state index in [9.17, 15) is 13.6 Å². The minimum atomic E-state index is -0.844. The third kappa shape index (κ3) is 2.90. The van der Waals surface area contributed by atoms with Gasteiger partial charge in [0.2, 0.25) is 0 Å². The molecule has 1 fully saturated rings. The highest BCUT2D eigenvalue weighted by Crippen LogP contribution is 2.17. The van der Waals surface area contributed by atoms with Crippen molar-refractivity contribution < 1.29 is 18.3 Å². The van der Waals surface area contributed by atoms with Gasteiger partial charge in [-0.05, 0) is 18.6 Å². The van der Waals surface area contributed by atoms with Crippen molar-refractivity contribution in [3.05, 3.63) is 34.9 Å². The molecule has 0 aromatic heterocycles. The van der Waals surface area contributed by atoms with Crippen LogP contribution in [0.25, 0.3) is 0 Å². The molecule has 4 nitrogen and oxygen atoms in total. The summed E-state index contributed by atoms with van der Waals surface area (Å²) in [5, 5.41) is 0. The van der Waals surface area contributed by atoms with Gasteiger partial charge < -0.3 is 15.4 Å². The van der Waals surface area contributed by atoms with Gasteiger partial charge in [-0.2, -0.15) is 0 Å². The van der Waals surface area contributed by atoms with E-state index in [0.29, 0.717) is 26.2 Å². The highest BCUT2D eigenvalue weighted by atomic mass is 19.1. The largest absolute Gasteiger partial charge is 0.373 e. The first-order chi connectivity index (χ1) is 9.02. The quantitative estimate of drug-likeness (QED) is 0.874. The first-order valence-corrected chi connectivity index (χ1v) is 6.09. The van der Waals surface area contributed by atoms with Crippen LogP contribution < -0.4 is 5.73 Å². The second-order valence-electron chi connectivity index (χ2n) is 4.56. The third-order valence-electron chi connectivity index (χ3n) is 3.17. The van der Waals surface area contributed by atoms with Gasteiger partial charge in [-0.3, -0.25) is 4.79 Å². The Morgan fingerprint density at radius 3 is 2.89 bits per heavy atom. The normalized spacial score (nSPS) is 19.6. The number of hydrogen-bond donors (Lipinski definition) is 1. The summed E-state index contributed by atoms with van der Waals surface area (Å²) in [6.45, 7) is 2.87. The smallest absolute Gasteiger partial charge is 0.257 e. The van der Waals surface area contributed by atoms with Gasteiger partial charge in [0.25, 0.3) is 5.91 Å². The summed E-state index contributed by atoms with van der Waals surface area (Å²) < 4.78 is 32.2. The summed E-state index contributed by atoms with van der Waals surface area (Å²) in [5.74, 6) is -1.96. The van der Waals surface area contributed by atoms with Crippen LogP contribution in [0.2, 0.25) is 0 Å². The lowest BCUT2D eigenvalue weighted by atomic mass is 10.1. The Kier molecular flexibility index (Phi) is 4.11. The van der Waals surface area contributed by atoms with Crippen LogP contribution in [0.4, 0.5) is 8.78 Å². The standard InChI is InChI=1S/C13H16F2N2O2/c1-8-4-10(12(15)5-11(8)14)13(18)17-2-3-19-9(6-16)7-17/h4-5,9H,2-3,6-7,16H2,1H3. The fraction of sp³-hybridized carbons (Fsp3) is 0.462. The number of benzene rings is 1. The van der Waals surface area contributed by atoms with Crippen molar-refractivity contribution in [3.8, 4) is 0 Å². The zero-order valence-electron chi connectivity index (χ0n) is 10.7. The molecule has 1 atom stereocenters. The Bertz CT molecular complexity index is 494. The fourth-order valence-corrected chi connectivity index (χ4v) is 2.04. The van der Waals surface area contributed by atoms with Gasteiger partial charge in [-0.1, -0.05) is 0 Å². The zero-order chi connectivity index (χ0) is 14.0. The first kappa shape index (κ1) is 13.9. The van der Waals surface area contributed by atoms with E-state index in [1.165, 1.54) is 17.9 Å². The first-order valence-electron chi connectivity index (χ1n) is 6.09. The van der Waals surface area contributed by atoms with E-state index in [2.05, 4.69) is 0 Å². The summed E-state index contributed by atoms with van der Waals surface area (Å²) in [5.41, 5.74) is 5.62. The Hall–Kier alpha value is -1.53. The monoisotopic (exact) mass is 270 g/mol. The number of hydrogen-bond acceptors (Lipinski definition) is 3. The minimum absolute atomic E-state index is 0.114. The molecule has 0 saturated carbocycles. The predicted octanol–water partition coefficient (Wildman–Crippen LogP) is 1.07. The Balaban J connectivity index is 2.22. The van der Waals surface area contributed by atoms with Crippen molar-refractivity contribution in [2.75, 3.05) is 26.2 Å². The van der Waals surface area contributed by atoms with E-state index in [4.69, 9.17) is 10.5 Å². The van der Waals surface area contributed by atoms with Crippen molar-refractivity contribution in [3.63, 3.8) is 0 Å². The number of ether oxygens (including phenoxy) is 1. The van der Waals surface area contributed by atoms with Crippen LogP contribution >= 0.6 is 0 Å². The molecule has 104 valence electrons. The van der Waals surface area contributed by atoms with Crippen LogP contribution in [0.3, 0.4) is 0 Å². The molecule has 1 aliphatic rings. The molecule has 2 N–H and O–H groups in total. The zero-order valence-corrected chi connectivity index (χ0v) is 10.7. The minimum Gasteiger partial charge on any atom is -0.373 e. The maximum absolute atomic E-state index is 13.7. The maximum Gasteiger partial charge on any atom is 0.257 e. The van der Waals surface area contributed by atoms with E-state index < -0.39 is 17.5 Å². The van der Waals surface area contributed by atoms with Crippen LogP contribution in [0.5, 0.6) is 0 Å². The molecule has 19 heavy (non-hydrogen) atoms. The van der Waals surface area contributed by atoms with Crippen molar-refractivity contribution >= 4 is 5.91 Å². The van der Waals surface area contributed by atoms with Crippen molar-refractivity contribution in [2.24, 2.45) is 5.73 Å². The second kappa shape index (κ2) is 5.63. The Labute approximate surface area is 110 Å². The molecule has 2 rings (SSSR count). The van der Waals surface area contributed by atoms with E-state index >= 15 is 0 Å².